The summed E-state index contributed by atoms with van der Waals surface area (Å²) in [7, 11) is 0. The highest BCUT2D eigenvalue weighted by Crippen LogP contribution is 2.40. The summed E-state index contributed by atoms with van der Waals surface area (Å²) in [6, 6.07) is 5.87. The summed E-state index contributed by atoms with van der Waals surface area (Å²) in [5.41, 5.74) is -0.0606. The Hall–Kier alpha value is -1.03. The Morgan fingerprint density at radius 1 is 1.14 bits per heavy atom. The van der Waals surface area contributed by atoms with Crippen LogP contribution in [0.25, 0.3) is 0 Å². The van der Waals surface area contributed by atoms with Crippen molar-refractivity contribution in [2.24, 2.45) is 5.92 Å². The molecule has 1 N–H and O–H groups in total. The van der Waals surface area contributed by atoms with Crippen LogP contribution in [-0.4, -0.2) is 6.54 Å². The fraction of sp³-hybridized carbons (Fsp3) is 0.647. The van der Waals surface area contributed by atoms with Crippen LogP contribution in [0.15, 0.2) is 24.3 Å². The van der Waals surface area contributed by atoms with Crippen LogP contribution in [0.4, 0.5) is 13.2 Å². The molecule has 1 saturated carbocycles. The van der Waals surface area contributed by atoms with Gasteiger partial charge in [0.15, 0.2) is 0 Å². The van der Waals surface area contributed by atoms with Crippen molar-refractivity contribution in [3.8, 4) is 0 Å². The second-order valence-electron chi connectivity index (χ2n) is 5.91. The molecule has 4 heteroatoms. The molecule has 21 heavy (non-hydrogen) atoms. The highest BCUT2D eigenvalue weighted by atomic mass is 19.4. The Kier molecular flexibility index (Phi) is 5.68. The van der Waals surface area contributed by atoms with E-state index in [9.17, 15) is 13.2 Å². The summed E-state index contributed by atoms with van der Waals surface area (Å²) in [6.07, 6.45) is 2.15. The first-order chi connectivity index (χ1) is 10.0. The minimum absolute atomic E-state index is 0.178. The first-order valence-corrected chi connectivity index (χ1v) is 7.93. The van der Waals surface area contributed by atoms with Crippen LogP contribution >= 0.6 is 0 Å². The van der Waals surface area contributed by atoms with E-state index in [2.05, 4.69) is 5.32 Å². The zero-order valence-electron chi connectivity index (χ0n) is 12.5. The molecule has 0 amide bonds. The molecule has 1 aromatic carbocycles. The molecule has 1 aliphatic carbocycles. The third-order valence-electron chi connectivity index (χ3n) is 4.34. The minimum Gasteiger partial charge on any atom is -0.310 e. The summed E-state index contributed by atoms with van der Waals surface area (Å²) in [5.74, 6) is 0.314. The van der Waals surface area contributed by atoms with Gasteiger partial charge in [-0.05, 0) is 43.4 Å². The molecule has 0 radical (unpaired) electrons. The molecular formula is C17H24F3N. The summed E-state index contributed by atoms with van der Waals surface area (Å²) in [4.78, 5) is 0. The molecule has 1 nitrogen and oxygen atoms in total. The van der Waals surface area contributed by atoms with Crippen molar-refractivity contribution in [1.82, 2.24) is 5.32 Å². The van der Waals surface area contributed by atoms with Crippen molar-refractivity contribution < 1.29 is 13.2 Å². The van der Waals surface area contributed by atoms with Crippen LogP contribution in [-0.2, 0) is 6.18 Å². The van der Waals surface area contributed by atoms with Gasteiger partial charge in [0.25, 0.3) is 0 Å². The molecule has 1 atom stereocenters. The van der Waals surface area contributed by atoms with Gasteiger partial charge in [0.1, 0.15) is 0 Å². The van der Waals surface area contributed by atoms with Crippen molar-refractivity contribution >= 4 is 0 Å². The van der Waals surface area contributed by atoms with Crippen molar-refractivity contribution in [3.05, 3.63) is 35.4 Å². The maximum atomic E-state index is 13.3. The zero-order chi connectivity index (χ0) is 15.3. The van der Waals surface area contributed by atoms with Gasteiger partial charge in [0.2, 0.25) is 0 Å². The van der Waals surface area contributed by atoms with Crippen molar-refractivity contribution in [3.63, 3.8) is 0 Å². The Morgan fingerprint density at radius 3 is 2.43 bits per heavy atom. The minimum atomic E-state index is -4.28. The van der Waals surface area contributed by atoms with E-state index in [1.54, 1.807) is 12.1 Å². The summed E-state index contributed by atoms with van der Waals surface area (Å²) in [6.45, 7) is 2.80. The van der Waals surface area contributed by atoms with Crippen molar-refractivity contribution in [1.29, 1.82) is 0 Å². The number of hydrogen-bond acceptors (Lipinski definition) is 1. The molecule has 0 aliphatic heterocycles. The van der Waals surface area contributed by atoms with E-state index in [1.165, 1.54) is 18.6 Å². The Labute approximate surface area is 124 Å². The van der Waals surface area contributed by atoms with Gasteiger partial charge in [-0.25, -0.2) is 0 Å². The average molecular weight is 299 g/mol. The standard InChI is InChI=1S/C17H24F3N/c1-2-12-21-16(13-8-4-3-5-9-13)14-10-6-7-11-15(14)17(18,19)20/h6-7,10-11,13,16,21H,2-5,8-9,12H2,1H3. The molecule has 1 aliphatic rings. The third kappa shape index (κ3) is 4.22. The van der Waals surface area contributed by atoms with Gasteiger partial charge >= 0.3 is 6.18 Å². The third-order valence-corrected chi connectivity index (χ3v) is 4.34. The average Bonchev–Trinajstić information content (AvgIpc) is 2.48. The van der Waals surface area contributed by atoms with Gasteiger partial charge in [0, 0.05) is 6.04 Å². The summed E-state index contributed by atoms with van der Waals surface area (Å²) in [5, 5.41) is 3.37. The second-order valence-corrected chi connectivity index (χ2v) is 5.91. The molecular weight excluding hydrogens is 275 g/mol. The van der Waals surface area contributed by atoms with Crippen LogP contribution in [0.2, 0.25) is 0 Å². The van der Waals surface area contributed by atoms with E-state index >= 15 is 0 Å². The molecule has 118 valence electrons. The lowest BCUT2D eigenvalue weighted by atomic mass is 9.80. The van der Waals surface area contributed by atoms with E-state index in [0.717, 1.165) is 38.6 Å². The smallest absolute Gasteiger partial charge is 0.310 e. The number of nitrogens with one attached hydrogen (secondary N) is 1. The molecule has 1 fully saturated rings. The van der Waals surface area contributed by atoms with Crippen LogP contribution in [0.5, 0.6) is 0 Å². The van der Waals surface area contributed by atoms with E-state index < -0.39 is 11.7 Å². The molecule has 2 rings (SSSR count). The van der Waals surface area contributed by atoms with Crippen molar-refractivity contribution in [2.75, 3.05) is 6.54 Å². The highest BCUT2D eigenvalue weighted by molar-refractivity contribution is 5.33. The number of hydrogen-bond donors (Lipinski definition) is 1. The molecule has 0 saturated heterocycles. The van der Waals surface area contributed by atoms with E-state index in [1.807, 2.05) is 6.92 Å². The van der Waals surface area contributed by atoms with Crippen molar-refractivity contribution in [2.45, 2.75) is 57.7 Å². The lowest BCUT2D eigenvalue weighted by Gasteiger charge is -2.33. The molecule has 0 heterocycles. The van der Waals surface area contributed by atoms with Gasteiger partial charge in [0.05, 0.1) is 5.56 Å². The van der Waals surface area contributed by atoms with Crippen LogP contribution in [0.3, 0.4) is 0 Å². The largest absolute Gasteiger partial charge is 0.416 e. The normalized spacial score (nSPS) is 18.7. The number of benzene rings is 1. The fourth-order valence-corrected chi connectivity index (χ4v) is 3.32. The number of halogens is 3. The predicted octanol–water partition coefficient (Wildman–Crippen LogP) is 5.33. The lowest BCUT2D eigenvalue weighted by Crippen LogP contribution is -2.32. The van der Waals surface area contributed by atoms with Gasteiger partial charge < -0.3 is 5.32 Å². The topological polar surface area (TPSA) is 12.0 Å². The SMILES string of the molecule is CCCNC(c1ccccc1C(F)(F)F)C1CCCCC1. The maximum Gasteiger partial charge on any atom is 0.416 e. The van der Waals surface area contributed by atoms with Crippen LogP contribution in [0.1, 0.15) is 62.6 Å². The first-order valence-electron chi connectivity index (χ1n) is 7.93. The highest BCUT2D eigenvalue weighted by Gasteiger charge is 2.36. The monoisotopic (exact) mass is 299 g/mol. The molecule has 0 aromatic heterocycles. The van der Waals surface area contributed by atoms with E-state index in [4.69, 9.17) is 0 Å². The summed E-state index contributed by atoms with van der Waals surface area (Å²) < 4.78 is 39.8. The quantitative estimate of drug-likeness (QED) is 0.775. The van der Waals surface area contributed by atoms with Gasteiger partial charge in [-0.15, -0.1) is 0 Å². The fourth-order valence-electron chi connectivity index (χ4n) is 3.32. The van der Waals surface area contributed by atoms with E-state index in [0.29, 0.717) is 11.5 Å². The lowest BCUT2D eigenvalue weighted by molar-refractivity contribution is -0.138. The predicted molar refractivity (Wildman–Crippen MR) is 79.1 cm³/mol. The van der Waals surface area contributed by atoms with Crippen LogP contribution < -0.4 is 5.32 Å². The molecule has 1 aromatic rings. The number of rotatable bonds is 5. The first kappa shape index (κ1) is 16.3. The van der Waals surface area contributed by atoms with Gasteiger partial charge in [-0.2, -0.15) is 13.2 Å². The maximum absolute atomic E-state index is 13.3. The van der Waals surface area contributed by atoms with Gasteiger partial charge in [-0.3, -0.25) is 0 Å². The molecule has 1 unspecified atom stereocenters. The zero-order valence-corrected chi connectivity index (χ0v) is 12.5. The second kappa shape index (κ2) is 7.30. The van der Waals surface area contributed by atoms with Gasteiger partial charge in [-0.1, -0.05) is 44.4 Å². The Balaban J connectivity index is 2.31. The number of alkyl halides is 3. The van der Waals surface area contributed by atoms with E-state index in [-0.39, 0.29) is 6.04 Å². The molecule has 0 bridgehead atoms. The summed E-state index contributed by atoms with van der Waals surface area (Å²) >= 11 is 0. The molecule has 0 spiro atoms. The Bertz CT molecular complexity index is 436. The van der Waals surface area contributed by atoms with Crippen LogP contribution in [0, 0.1) is 5.92 Å². The Morgan fingerprint density at radius 2 is 1.81 bits per heavy atom.